The van der Waals surface area contributed by atoms with Gasteiger partial charge in [-0.2, -0.15) is 0 Å². The number of hydrogen-bond donors (Lipinski definition) is 0. The average molecular weight is 393 g/mol. The highest BCUT2D eigenvalue weighted by atomic mass is 32.2. The lowest BCUT2D eigenvalue weighted by atomic mass is 10.0. The molecule has 4 heterocycles. The van der Waals surface area contributed by atoms with Gasteiger partial charge in [0, 0.05) is 23.6 Å². The summed E-state index contributed by atoms with van der Waals surface area (Å²) in [4.78, 5) is 12.0. The fourth-order valence-corrected chi connectivity index (χ4v) is 5.28. The van der Waals surface area contributed by atoms with E-state index < -0.39 is 0 Å². The monoisotopic (exact) mass is 393 g/mol. The van der Waals surface area contributed by atoms with E-state index in [9.17, 15) is 4.39 Å². The third-order valence-corrected chi connectivity index (χ3v) is 6.50. The first-order chi connectivity index (χ1) is 13.7. The van der Waals surface area contributed by atoms with E-state index in [1.54, 1.807) is 12.1 Å². The van der Waals surface area contributed by atoms with Gasteiger partial charge < -0.3 is 9.32 Å². The summed E-state index contributed by atoms with van der Waals surface area (Å²) in [5.74, 6) is 2.41. The summed E-state index contributed by atoms with van der Waals surface area (Å²) >= 11 is 1.81. The summed E-state index contributed by atoms with van der Waals surface area (Å²) in [6.07, 6.45) is 2.87. The van der Waals surface area contributed by atoms with Gasteiger partial charge in [0.2, 0.25) is 0 Å². The molecule has 2 aromatic heterocycles. The Morgan fingerprint density at radius 2 is 2.00 bits per heavy atom. The van der Waals surface area contributed by atoms with Crippen molar-refractivity contribution in [1.82, 2.24) is 9.88 Å². The highest BCUT2D eigenvalue weighted by Gasteiger charge is 2.46. The summed E-state index contributed by atoms with van der Waals surface area (Å²) < 4.78 is 19.5. The number of aromatic nitrogens is 1. The van der Waals surface area contributed by atoms with Crippen molar-refractivity contribution in [3.63, 3.8) is 0 Å². The molecule has 4 nitrogen and oxygen atoms in total. The molecule has 3 atom stereocenters. The summed E-state index contributed by atoms with van der Waals surface area (Å²) in [7, 11) is 0. The van der Waals surface area contributed by atoms with Crippen LogP contribution in [-0.2, 0) is 0 Å². The van der Waals surface area contributed by atoms with Gasteiger partial charge in [-0.1, -0.05) is 24.8 Å². The quantitative estimate of drug-likeness (QED) is 0.590. The van der Waals surface area contributed by atoms with Crippen molar-refractivity contribution < 1.29 is 8.81 Å². The van der Waals surface area contributed by atoms with Crippen molar-refractivity contribution in [3.8, 4) is 11.3 Å². The maximum atomic E-state index is 13.3. The van der Waals surface area contributed by atoms with Crippen LogP contribution >= 0.6 is 11.8 Å². The third kappa shape index (κ3) is 2.92. The number of thioether (sulfide) groups is 1. The van der Waals surface area contributed by atoms with Crippen LogP contribution in [0.15, 0.2) is 70.2 Å². The van der Waals surface area contributed by atoms with Crippen molar-refractivity contribution in [2.24, 2.45) is 4.99 Å². The smallest absolute Gasteiger partial charge is 0.161 e. The summed E-state index contributed by atoms with van der Waals surface area (Å²) in [5, 5.41) is 1.08. The highest BCUT2D eigenvalue weighted by molar-refractivity contribution is 8.14. The normalized spacial score (nSPS) is 23.7. The Bertz CT molecular complexity index is 1000. The van der Waals surface area contributed by atoms with Crippen molar-refractivity contribution in [3.05, 3.63) is 78.1 Å². The Hall–Kier alpha value is -2.60. The Kier molecular flexibility index (Phi) is 4.43. The SMILES string of the molecule is CC[C@H]1CSC2=N[C@H](c3ccccn3)[C@@H](c3ccc(-c4ccc(F)cc4)o3)N21. The predicted octanol–water partition coefficient (Wildman–Crippen LogP) is 5.46. The molecular weight excluding hydrogens is 373 g/mol. The molecule has 0 amide bonds. The van der Waals surface area contributed by atoms with Crippen LogP contribution < -0.4 is 0 Å². The van der Waals surface area contributed by atoms with Gasteiger partial charge in [0.1, 0.15) is 29.4 Å². The lowest BCUT2D eigenvalue weighted by Crippen LogP contribution is -2.35. The molecule has 28 heavy (non-hydrogen) atoms. The number of fused-ring (bicyclic) bond motifs is 1. The minimum Gasteiger partial charge on any atom is -0.459 e. The van der Waals surface area contributed by atoms with Crippen LogP contribution in [0.1, 0.15) is 36.9 Å². The molecule has 0 aliphatic carbocycles. The molecule has 0 unspecified atom stereocenters. The number of amidine groups is 1. The van der Waals surface area contributed by atoms with E-state index in [0.717, 1.165) is 40.1 Å². The lowest BCUT2D eigenvalue weighted by molar-refractivity contribution is 0.226. The maximum absolute atomic E-state index is 13.3. The van der Waals surface area contributed by atoms with E-state index in [0.29, 0.717) is 6.04 Å². The first-order valence-electron chi connectivity index (χ1n) is 9.50. The van der Waals surface area contributed by atoms with Gasteiger partial charge in [0.05, 0.1) is 5.69 Å². The Labute approximate surface area is 167 Å². The zero-order valence-corrected chi connectivity index (χ0v) is 16.3. The van der Waals surface area contributed by atoms with Crippen LogP contribution in [0, 0.1) is 5.82 Å². The van der Waals surface area contributed by atoms with Crippen LogP contribution in [0.2, 0.25) is 0 Å². The summed E-state index contributed by atoms with van der Waals surface area (Å²) in [6.45, 7) is 2.21. The van der Waals surface area contributed by atoms with Gasteiger partial charge in [-0.05, 0) is 55.0 Å². The van der Waals surface area contributed by atoms with Crippen LogP contribution in [0.4, 0.5) is 4.39 Å². The molecule has 3 aromatic rings. The third-order valence-electron chi connectivity index (χ3n) is 5.38. The van der Waals surface area contributed by atoms with Gasteiger partial charge in [-0.15, -0.1) is 0 Å². The minimum atomic E-state index is -0.251. The molecule has 0 saturated carbocycles. The first kappa shape index (κ1) is 17.5. The van der Waals surface area contributed by atoms with Crippen LogP contribution in [0.3, 0.4) is 0 Å². The number of furan rings is 1. The molecule has 2 aliphatic rings. The molecule has 5 rings (SSSR count). The second kappa shape index (κ2) is 7.09. The second-order valence-corrected chi connectivity index (χ2v) is 8.03. The lowest BCUT2D eigenvalue weighted by Gasteiger charge is -2.30. The van der Waals surface area contributed by atoms with E-state index >= 15 is 0 Å². The average Bonchev–Trinajstić information content (AvgIpc) is 3.44. The van der Waals surface area contributed by atoms with Crippen molar-refractivity contribution in [2.75, 3.05) is 5.75 Å². The summed E-state index contributed by atoms with van der Waals surface area (Å²) in [5.41, 5.74) is 1.81. The molecule has 0 N–H and O–H groups in total. The molecule has 1 saturated heterocycles. The molecule has 0 radical (unpaired) electrons. The fourth-order valence-electron chi connectivity index (χ4n) is 3.94. The topological polar surface area (TPSA) is 41.6 Å². The van der Waals surface area contributed by atoms with E-state index in [-0.39, 0.29) is 17.9 Å². The Morgan fingerprint density at radius 3 is 2.75 bits per heavy atom. The standard InChI is InChI=1S/C22H20FN3OS/c1-2-16-13-28-22-25-20(17-5-3-4-12-24-17)21(26(16)22)19-11-10-18(27-19)14-6-8-15(23)9-7-14/h3-12,16,20-21H,2,13H2,1H3/t16-,20+,21+/m0/s1. The van der Waals surface area contributed by atoms with Crippen LogP contribution in [0.5, 0.6) is 0 Å². The number of aliphatic imine (C=N–C) groups is 1. The number of pyridine rings is 1. The van der Waals surface area contributed by atoms with Crippen LogP contribution in [-0.4, -0.2) is 26.8 Å². The largest absolute Gasteiger partial charge is 0.459 e. The molecule has 0 spiro atoms. The summed E-state index contributed by atoms with van der Waals surface area (Å²) in [6, 6.07) is 16.6. The van der Waals surface area contributed by atoms with Gasteiger partial charge >= 0.3 is 0 Å². The van der Waals surface area contributed by atoms with E-state index in [1.807, 2.05) is 48.3 Å². The van der Waals surface area contributed by atoms with Gasteiger partial charge in [-0.25, -0.2) is 9.38 Å². The van der Waals surface area contributed by atoms with Gasteiger partial charge in [-0.3, -0.25) is 4.98 Å². The van der Waals surface area contributed by atoms with E-state index in [1.165, 1.54) is 12.1 Å². The molecule has 142 valence electrons. The molecule has 2 aliphatic heterocycles. The second-order valence-electron chi connectivity index (χ2n) is 7.05. The number of rotatable bonds is 4. The highest BCUT2D eigenvalue weighted by Crippen LogP contribution is 2.49. The molecule has 1 fully saturated rings. The minimum absolute atomic E-state index is 0.0148. The Morgan fingerprint density at radius 1 is 1.14 bits per heavy atom. The number of halogens is 1. The van der Waals surface area contributed by atoms with E-state index in [4.69, 9.17) is 9.41 Å². The van der Waals surface area contributed by atoms with Crippen molar-refractivity contribution >= 4 is 16.9 Å². The maximum Gasteiger partial charge on any atom is 0.161 e. The number of benzene rings is 1. The molecule has 1 aromatic carbocycles. The molecule has 0 bridgehead atoms. The van der Waals surface area contributed by atoms with Crippen molar-refractivity contribution in [1.29, 1.82) is 0 Å². The zero-order chi connectivity index (χ0) is 19.1. The van der Waals surface area contributed by atoms with Crippen molar-refractivity contribution in [2.45, 2.75) is 31.5 Å². The van der Waals surface area contributed by atoms with Gasteiger partial charge in [0.25, 0.3) is 0 Å². The molecular formula is C22H20FN3OS. The molecule has 6 heteroatoms. The predicted molar refractivity (Wildman–Crippen MR) is 110 cm³/mol. The fraction of sp³-hybridized carbons (Fsp3) is 0.273. The van der Waals surface area contributed by atoms with Gasteiger partial charge in [0.15, 0.2) is 5.17 Å². The first-order valence-corrected chi connectivity index (χ1v) is 10.5. The zero-order valence-electron chi connectivity index (χ0n) is 15.5. The number of nitrogens with zero attached hydrogens (tertiary/aromatic N) is 3. The number of hydrogen-bond acceptors (Lipinski definition) is 5. The van der Waals surface area contributed by atoms with Crippen LogP contribution in [0.25, 0.3) is 11.3 Å². The van der Waals surface area contributed by atoms with E-state index in [2.05, 4.69) is 16.8 Å². The Balaban J connectivity index is 1.55.